The number of rotatable bonds is 9. The summed E-state index contributed by atoms with van der Waals surface area (Å²) in [5.74, 6) is -1.10. The highest BCUT2D eigenvalue weighted by Crippen LogP contribution is 2.34. The van der Waals surface area contributed by atoms with Gasteiger partial charge in [0.25, 0.3) is 5.91 Å². The van der Waals surface area contributed by atoms with Crippen LogP contribution in [0.1, 0.15) is 47.1 Å². The third-order valence-corrected chi connectivity index (χ3v) is 7.31. The minimum absolute atomic E-state index is 0.0975. The summed E-state index contributed by atoms with van der Waals surface area (Å²) in [5, 5.41) is 1.98. The summed E-state index contributed by atoms with van der Waals surface area (Å²) in [5.41, 5.74) is 1.20. The van der Waals surface area contributed by atoms with Crippen LogP contribution in [0.15, 0.2) is 60.0 Å². The molecule has 4 rings (SSSR count). The van der Waals surface area contributed by atoms with E-state index in [0.29, 0.717) is 31.8 Å². The molecule has 2 amide bonds. The number of nitrogens with zero attached hydrogens (tertiary/aromatic N) is 2. The maximum Gasteiger partial charge on any atom is 0.254 e. The highest BCUT2D eigenvalue weighted by Gasteiger charge is 2.34. The lowest BCUT2D eigenvalue weighted by molar-refractivity contribution is -0.135. The number of carbonyl (C=O) groups is 2. The molecular weight excluding hydrogens is 482 g/mol. The number of hydrogen-bond acceptors (Lipinski definition) is 4. The first-order valence-corrected chi connectivity index (χ1v) is 13.0. The topological polar surface area (TPSA) is 49.9 Å². The van der Waals surface area contributed by atoms with Crippen LogP contribution in [0.3, 0.4) is 0 Å². The largest absolute Gasteiger partial charge is 0.488 e. The molecule has 3 aromatic rings. The molecule has 0 radical (unpaired) electrons. The average molecular weight is 513 g/mol. The minimum Gasteiger partial charge on any atom is -0.488 e. The van der Waals surface area contributed by atoms with Gasteiger partial charge in [0.2, 0.25) is 5.91 Å². The fourth-order valence-electron chi connectivity index (χ4n) is 4.33. The van der Waals surface area contributed by atoms with Crippen molar-refractivity contribution in [2.24, 2.45) is 5.92 Å². The molecular formula is C28H30F2N2O3S. The molecule has 190 valence electrons. The number of benzene rings is 2. The third kappa shape index (κ3) is 6.10. The molecule has 0 spiro atoms. The van der Waals surface area contributed by atoms with Crippen molar-refractivity contribution in [2.45, 2.75) is 32.7 Å². The van der Waals surface area contributed by atoms with Gasteiger partial charge in [-0.3, -0.25) is 9.59 Å². The molecule has 8 heteroatoms. The number of amides is 2. The number of hydrogen-bond donors (Lipinski definition) is 0. The van der Waals surface area contributed by atoms with Gasteiger partial charge in [0.1, 0.15) is 19.0 Å². The summed E-state index contributed by atoms with van der Waals surface area (Å²) in [4.78, 5) is 31.2. The first-order valence-electron chi connectivity index (χ1n) is 12.1. The molecule has 0 N–H and O–H groups in total. The molecule has 1 atom stereocenters. The van der Waals surface area contributed by atoms with Crippen LogP contribution in [0.4, 0.5) is 8.78 Å². The predicted octanol–water partition coefficient (Wildman–Crippen LogP) is 5.72. The molecule has 1 aromatic heterocycles. The van der Waals surface area contributed by atoms with Gasteiger partial charge in [-0.05, 0) is 66.1 Å². The Kier molecular flexibility index (Phi) is 8.36. The van der Waals surface area contributed by atoms with E-state index >= 15 is 0 Å². The van der Waals surface area contributed by atoms with Gasteiger partial charge >= 0.3 is 0 Å². The Labute approximate surface area is 214 Å². The van der Waals surface area contributed by atoms with E-state index in [-0.39, 0.29) is 36.3 Å². The van der Waals surface area contributed by atoms with Crippen LogP contribution in [0.2, 0.25) is 0 Å². The SMILES string of the molecule is CC(C)CCN(CC(=O)N1CCc2sccc2C1COc1ccccc1F)C(=O)c1cccc(F)c1. The molecule has 0 bridgehead atoms. The quantitative estimate of drug-likeness (QED) is 0.369. The summed E-state index contributed by atoms with van der Waals surface area (Å²) < 4.78 is 33.8. The second-order valence-electron chi connectivity index (χ2n) is 9.31. The summed E-state index contributed by atoms with van der Waals surface area (Å²) in [6.07, 6.45) is 1.42. The summed E-state index contributed by atoms with van der Waals surface area (Å²) in [6, 6.07) is 13.3. The van der Waals surface area contributed by atoms with Crippen molar-refractivity contribution in [1.82, 2.24) is 9.80 Å². The third-order valence-electron chi connectivity index (χ3n) is 6.31. The monoisotopic (exact) mass is 512 g/mol. The van der Waals surface area contributed by atoms with Crippen LogP contribution >= 0.6 is 11.3 Å². The summed E-state index contributed by atoms with van der Waals surface area (Å²) >= 11 is 1.63. The lowest BCUT2D eigenvalue weighted by Gasteiger charge is -2.37. The summed E-state index contributed by atoms with van der Waals surface area (Å²) in [6.45, 7) is 4.92. The van der Waals surface area contributed by atoms with Crippen molar-refractivity contribution in [3.8, 4) is 5.75 Å². The van der Waals surface area contributed by atoms with Gasteiger partial charge in [-0.25, -0.2) is 8.78 Å². The normalized spacial score (nSPS) is 15.0. The van der Waals surface area contributed by atoms with Gasteiger partial charge in [0, 0.05) is 23.5 Å². The number of thiophene rings is 1. The van der Waals surface area contributed by atoms with Crippen molar-refractivity contribution in [3.05, 3.63) is 87.6 Å². The maximum atomic E-state index is 14.2. The Morgan fingerprint density at radius 1 is 1.14 bits per heavy atom. The van der Waals surface area contributed by atoms with Crippen LogP contribution in [0.5, 0.6) is 5.75 Å². The van der Waals surface area contributed by atoms with Crippen LogP contribution in [-0.4, -0.2) is 47.9 Å². The van der Waals surface area contributed by atoms with Crippen molar-refractivity contribution >= 4 is 23.2 Å². The number of ether oxygens (including phenoxy) is 1. The van der Waals surface area contributed by atoms with E-state index in [1.807, 2.05) is 25.3 Å². The lowest BCUT2D eigenvalue weighted by atomic mass is 10.00. The Morgan fingerprint density at radius 2 is 1.94 bits per heavy atom. The lowest BCUT2D eigenvalue weighted by Crippen LogP contribution is -2.48. The Hall–Kier alpha value is -3.26. The van der Waals surface area contributed by atoms with Crippen LogP contribution in [-0.2, 0) is 11.2 Å². The van der Waals surface area contributed by atoms with E-state index in [4.69, 9.17) is 4.74 Å². The fraction of sp³-hybridized carbons (Fsp3) is 0.357. The Bertz CT molecular complexity index is 1210. The number of carbonyl (C=O) groups excluding carboxylic acids is 2. The number of para-hydroxylation sites is 1. The average Bonchev–Trinajstić information content (AvgIpc) is 3.34. The van der Waals surface area contributed by atoms with Gasteiger partial charge in [0.15, 0.2) is 11.6 Å². The van der Waals surface area contributed by atoms with E-state index < -0.39 is 17.7 Å². The molecule has 2 heterocycles. The van der Waals surface area contributed by atoms with Crippen LogP contribution in [0.25, 0.3) is 0 Å². The zero-order chi connectivity index (χ0) is 25.7. The maximum absolute atomic E-state index is 14.2. The molecule has 1 unspecified atom stereocenters. The fourth-order valence-corrected chi connectivity index (χ4v) is 5.26. The predicted molar refractivity (Wildman–Crippen MR) is 136 cm³/mol. The molecule has 0 fully saturated rings. The van der Waals surface area contributed by atoms with Crippen molar-refractivity contribution in [1.29, 1.82) is 0 Å². The summed E-state index contributed by atoms with van der Waals surface area (Å²) in [7, 11) is 0. The zero-order valence-corrected chi connectivity index (χ0v) is 21.3. The second-order valence-corrected chi connectivity index (χ2v) is 10.3. The molecule has 1 aliphatic heterocycles. The first kappa shape index (κ1) is 25.8. The van der Waals surface area contributed by atoms with Crippen LogP contribution in [0, 0.1) is 17.6 Å². The van der Waals surface area contributed by atoms with Gasteiger partial charge in [-0.2, -0.15) is 0 Å². The van der Waals surface area contributed by atoms with Crippen molar-refractivity contribution in [3.63, 3.8) is 0 Å². The molecule has 5 nitrogen and oxygen atoms in total. The molecule has 2 aromatic carbocycles. The standard InChI is InChI=1S/C28H30F2N2O3S/c1-19(2)10-13-31(28(34)20-6-5-7-21(29)16-20)17-27(33)32-14-11-26-22(12-15-36-26)24(32)18-35-25-9-4-3-8-23(25)30/h3-9,12,15-16,19,24H,10-11,13-14,17-18H2,1-2H3. The van der Waals surface area contributed by atoms with E-state index in [1.54, 1.807) is 40.5 Å². The minimum atomic E-state index is -0.498. The van der Waals surface area contributed by atoms with Gasteiger partial charge in [-0.1, -0.05) is 32.0 Å². The highest BCUT2D eigenvalue weighted by molar-refractivity contribution is 7.10. The van der Waals surface area contributed by atoms with Gasteiger partial charge < -0.3 is 14.5 Å². The number of halogens is 2. The Balaban J connectivity index is 1.54. The Morgan fingerprint density at radius 3 is 2.69 bits per heavy atom. The van der Waals surface area contributed by atoms with Crippen molar-refractivity contribution in [2.75, 3.05) is 26.2 Å². The van der Waals surface area contributed by atoms with Gasteiger partial charge in [0.05, 0.1) is 6.04 Å². The van der Waals surface area contributed by atoms with E-state index in [2.05, 4.69) is 0 Å². The van der Waals surface area contributed by atoms with Gasteiger partial charge in [-0.15, -0.1) is 11.3 Å². The molecule has 1 aliphatic rings. The number of fused-ring (bicyclic) bond motifs is 1. The molecule has 0 saturated carbocycles. The van der Waals surface area contributed by atoms with Crippen LogP contribution < -0.4 is 4.74 Å². The smallest absolute Gasteiger partial charge is 0.254 e. The highest BCUT2D eigenvalue weighted by atomic mass is 32.1. The van der Waals surface area contributed by atoms with E-state index in [9.17, 15) is 18.4 Å². The zero-order valence-electron chi connectivity index (χ0n) is 20.5. The molecule has 0 saturated heterocycles. The molecule has 0 aliphatic carbocycles. The van der Waals surface area contributed by atoms with E-state index in [1.165, 1.54) is 34.0 Å². The first-order chi connectivity index (χ1) is 17.3. The molecule has 36 heavy (non-hydrogen) atoms. The van der Waals surface area contributed by atoms with E-state index in [0.717, 1.165) is 5.56 Å². The second kappa shape index (κ2) is 11.6. The van der Waals surface area contributed by atoms with Crippen molar-refractivity contribution < 1.29 is 23.1 Å².